The number of hydrogen-bond acceptors (Lipinski definition) is 4. The van der Waals surface area contributed by atoms with Gasteiger partial charge in [0.1, 0.15) is 0 Å². The van der Waals surface area contributed by atoms with Gasteiger partial charge in [-0.1, -0.05) is 17.7 Å². The highest BCUT2D eigenvalue weighted by molar-refractivity contribution is 5.84. The number of benzene rings is 2. The van der Waals surface area contributed by atoms with Crippen LogP contribution >= 0.6 is 0 Å². The van der Waals surface area contributed by atoms with Crippen LogP contribution in [-0.4, -0.2) is 18.8 Å². The topological polar surface area (TPSA) is 47.9 Å². The molecule has 4 nitrogen and oxygen atoms in total. The van der Waals surface area contributed by atoms with Gasteiger partial charge in [-0.3, -0.25) is 9.79 Å². The van der Waals surface area contributed by atoms with Gasteiger partial charge in [0.05, 0.1) is 17.7 Å². The molecule has 0 radical (unpaired) electrons. The monoisotopic (exact) mass is 417 g/mol. The molecule has 0 unspecified atom stereocenters. The molecule has 4 aliphatic carbocycles. The standard InChI is InChI=1S/C27H31NO3/c1-3-30-25-13-19(17-28-23-7-4-18(2)5-8-23)6-9-24(25)31-26(29)27-14-20-10-21(15-27)12-22(11-20)16-27/h4-9,13,17,20-22H,3,10-12,14-16H2,1-2H3. The molecule has 2 aromatic rings. The number of nitrogens with zero attached hydrogens (tertiary/aromatic N) is 1. The molecular formula is C27H31NO3. The van der Waals surface area contributed by atoms with Crippen LogP contribution in [0.15, 0.2) is 47.5 Å². The fourth-order valence-electron chi connectivity index (χ4n) is 6.31. The number of aryl methyl sites for hydroxylation is 1. The van der Waals surface area contributed by atoms with Crippen molar-refractivity contribution in [3.05, 3.63) is 53.6 Å². The van der Waals surface area contributed by atoms with Crippen LogP contribution in [-0.2, 0) is 4.79 Å². The molecule has 0 amide bonds. The van der Waals surface area contributed by atoms with Gasteiger partial charge in [-0.2, -0.15) is 0 Å². The number of carbonyl (C=O) groups excluding carboxylic acids is 1. The van der Waals surface area contributed by atoms with Gasteiger partial charge in [0.2, 0.25) is 0 Å². The summed E-state index contributed by atoms with van der Waals surface area (Å²) in [6.45, 7) is 4.52. The van der Waals surface area contributed by atoms with E-state index in [-0.39, 0.29) is 11.4 Å². The second kappa shape index (κ2) is 8.14. The fraction of sp³-hybridized carbons (Fsp3) is 0.481. The SMILES string of the molecule is CCOc1cc(C=Nc2ccc(C)cc2)ccc1OC(=O)C12CC3CC(CC(C3)C1)C2. The van der Waals surface area contributed by atoms with Gasteiger partial charge < -0.3 is 9.47 Å². The number of carbonyl (C=O) groups is 1. The molecule has 4 heteroatoms. The van der Waals surface area contributed by atoms with Crippen molar-refractivity contribution in [3.8, 4) is 11.5 Å². The Balaban J connectivity index is 1.34. The van der Waals surface area contributed by atoms with E-state index in [1.807, 2.05) is 55.6 Å². The summed E-state index contributed by atoms with van der Waals surface area (Å²) in [5, 5.41) is 0. The van der Waals surface area contributed by atoms with E-state index in [2.05, 4.69) is 11.9 Å². The second-order valence-electron chi connectivity index (χ2n) is 9.82. The largest absolute Gasteiger partial charge is 0.490 e. The molecule has 4 aliphatic rings. The van der Waals surface area contributed by atoms with Crippen molar-refractivity contribution in [2.45, 2.75) is 52.4 Å². The Labute approximate surface area is 184 Å². The van der Waals surface area contributed by atoms with Gasteiger partial charge >= 0.3 is 5.97 Å². The van der Waals surface area contributed by atoms with Crippen LogP contribution in [0, 0.1) is 30.1 Å². The van der Waals surface area contributed by atoms with Crippen molar-refractivity contribution in [2.75, 3.05) is 6.61 Å². The Kier molecular flexibility index (Phi) is 5.33. The smallest absolute Gasteiger partial charge is 0.317 e. The van der Waals surface area contributed by atoms with Gasteiger partial charge in [-0.15, -0.1) is 0 Å². The highest BCUT2D eigenvalue weighted by Crippen LogP contribution is 2.60. The number of esters is 1. The molecule has 0 aliphatic heterocycles. The lowest BCUT2D eigenvalue weighted by molar-refractivity contribution is -0.161. The molecule has 0 spiro atoms. The molecule has 4 saturated carbocycles. The molecule has 4 fully saturated rings. The lowest BCUT2D eigenvalue weighted by Gasteiger charge is -2.55. The minimum Gasteiger partial charge on any atom is -0.490 e. The van der Waals surface area contributed by atoms with Crippen molar-refractivity contribution in [1.29, 1.82) is 0 Å². The zero-order valence-corrected chi connectivity index (χ0v) is 18.5. The van der Waals surface area contributed by atoms with Crippen molar-refractivity contribution in [1.82, 2.24) is 0 Å². The van der Waals surface area contributed by atoms with Crippen LogP contribution in [0.3, 0.4) is 0 Å². The normalized spacial score (nSPS) is 28.8. The first-order valence-corrected chi connectivity index (χ1v) is 11.6. The van der Waals surface area contributed by atoms with Gasteiger partial charge in [0.15, 0.2) is 11.5 Å². The summed E-state index contributed by atoms with van der Waals surface area (Å²) in [6.07, 6.45) is 8.76. The van der Waals surface area contributed by atoms with Crippen LogP contribution in [0.1, 0.15) is 56.6 Å². The van der Waals surface area contributed by atoms with E-state index in [1.165, 1.54) is 24.8 Å². The Morgan fingerprint density at radius 1 is 1.00 bits per heavy atom. The molecule has 2 aromatic carbocycles. The molecule has 0 saturated heterocycles. The molecular weight excluding hydrogens is 386 g/mol. The van der Waals surface area contributed by atoms with Crippen LogP contribution in [0.25, 0.3) is 0 Å². The maximum Gasteiger partial charge on any atom is 0.317 e. The molecule has 4 bridgehead atoms. The van der Waals surface area contributed by atoms with Crippen molar-refractivity contribution >= 4 is 17.9 Å². The van der Waals surface area contributed by atoms with E-state index in [0.29, 0.717) is 35.9 Å². The highest BCUT2D eigenvalue weighted by Gasteiger charge is 2.55. The zero-order chi connectivity index (χ0) is 21.4. The first-order chi connectivity index (χ1) is 15.0. The van der Waals surface area contributed by atoms with Gasteiger partial charge in [0.25, 0.3) is 0 Å². The molecule has 6 rings (SSSR count). The average molecular weight is 418 g/mol. The minimum absolute atomic E-state index is 0.0476. The Bertz CT molecular complexity index is 957. The van der Waals surface area contributed by atoms with Crippen LogP contribution < -0.4 is 9.47 Å². The average Bonchev–Trinajstić information content (AvgIpc) is 2.74. The molecule has 0 N–H and O–H groups in total. The molecule has 0 aromatic heterocycles. The third-order valence-electron chi connectivity index (χ3n) is 7.34. The van der Waals surface area contributed by atoms with E-state index in [9.17, 15) is 4.79 Å². The van der Waals surface area contributed by atoms with Crippen LogP contribution in [0.5, 0.6) is 11.5 Å². The zero-order valence-electron chi connectivity index (χ0n) is 18.5. The summed E-state index contributed by atoms with van der Waals surface area (Å²) in [5.41, 5.74) is 2.76. The maximum absolute atomic E-state index is 13.3. The summed E-state index contributed by atoms with van der Waals surface area (Å²) < 4.78 is 11.8. The molecule has 0 atom stereocenters. The number of hydrogen-bond donors (Lipinski definition) is 0. The maximum atomic E-state index is 13.3. The molecule has 0 heterocycles. The van der Waals surface area contributed by atoms with Crippen molar-refractivity contribution in [3.63, 3.8) is 0 Å². The first-order valence-electron chi connectivity index (χ1n) is 11.6. The van der Waals surface area contributed by atoms with Crippen LogP contribution in [0.4, 0.5) is 5.69 Å². The predicted molar refractivity (Wildman–Crippen MR) is 122 cm³/mol. The van der Waals surface area contributed by atoms with Crippen molar-refractivity contribution < 1.29 is 14.3 Å². The lowest BCUT2D eigenvalue weighted by Crippen LogP contribution is -2.51. The molecule has 162 valence electrons. The summed E-state index contributed by atoms with van der Waals surface area (Å²) in [6, 6.07) is 13.8. The Hall–Kier alpha value is -2.62. The first kappa shape index (κ1) is 20.3. The number of aliphatic imine (C=N–C) groups is 1. The van der Waals surface area contributed by atoms with Gasteiger partial charge in [0, 0.05) is 6.21 Å². The van der Waals surface area contributed by atoms with Gasteiger partial charge in [-0.25, -0.2) is 0 Å². The third kappa shape index (κ3) is 4.13. The van der Waals surface area contributed by atoms with Crippen molar-refractivity contribution in [2.24, 2.45) is 28.2 Å². The van der Waals surface area contributed by atoms with E-state index in [1.54, 1.807) is 0 Å². The van der Waals surface area contributed by atoms with Gasteiger partial charge in [-0.05, 0) is 106 Å². The molecule has 31 heavy (non-hydrogen) atoms. The number of ether oxygens (including phenoxy) is 2. The van der Waals surface area contributed by atoms with Crippen LogP contribution in [0.2, 0.25) is 0 Å². The number of rotatable bonds is 6. The Morgan fingerprint density at radius 2 is 1.65 bits per heavy atom. The van der Waals surface area contributed by atoms with E-state index in [4.69, 9.17) is 9.47 Å². The fourth-order valence-corrected chi connectivity index (χ4v) is 6.31. The second-order valence-corrected chi connectivity index (χ2v) is 9.82. The van der Waals surface area contributed by atoms with E-state index >= 15 is 0 Å². The summed E-state index contributed by atoms with van der Waals surface area (Å²) >= 11 is 0. The van der Waals surface area contributed by atoms with E-state index in [0.717, 1.165) is 30.5 Å². The lowest BCUT2D eigenvalue weighted by atomic mass is 9.49. The summed E-state index contributed by atoms with van der Waals surface area (Å²) in [4.78, 5) is 17.9. The highest BCUT2D eigenvalue weighted by atomic mass is 16.6. The quantitative estimate of drug-likeness (QED) is 0.316. The minimum atomic E-state index is -0.274. The van der Waals surface area contributed by atoms with E-state index < -0.39 is 0 Å². The summed E-state index contributed by atoms with van der Waals surface area (Å²) in [5.74, 6) is 3.22. The summed E-state index contributed by atoms with van der Waals surface area (Å²) in [7, 11) is 0. The Morgan fingerprint density at radius 3 is 2.26 bits per heavy atom. The predicted octanol–water partition coefficient (Wildman–Crippen LogP) is 6.27. The third-order valence-corrected chi connectivity index (χ3v) is 7.34.